The van der Waals surface area contributed by atoms with Gasteiger partial charge in [-0.2, -0.15) is 18.4 Å². The highest BCUT2D eigenvalue weighted by Crippen LogP contribution is 2.34. The number of alkyl halides is 3. The second-order valence-corrected chi connectivity index (χ2v) is 4.14. The molecule has 0 spiro atoms. The Hall–Kier alpha value is -1.30. The predicted octanol–water partition coefficient (Wildman–Crippen LogP) is 2.97. The number of benzene rings is 1. The van der Waals surface area contributed by atoms with Gasteiger partial charge in [-0.15, -0.1) is 0 Å². The summed E-state index contributed by atoms with van der Waals surface area (Å²) < 4.78 is 42.4. The number of esters is 1. The summed E-state index contributed by atoms with van der Waals surface area (Å²) in [6.45, 7) is 0. The third kappa shape index (κ3) is 2.88. The minimum absolute atomic E-state index is 0.209. The average Bonchev–Trinajstić information content (AvgIpc) is 2.25. The standard InChI is InChI=1S/C10H5F3INO2/c1-17-9(16)6-3-7(10(11,12)13)5(4-15)2-8(6)14/h2-3H,1H3. The van der Waals surface area contributed by atoms with E-state index in [2.05, 4.69) is 4.74 Å². The van der Waals surface area contributed by atoms with E-state index in [0.717, 1.165) is 13.2 Å². The van der Waals surface area contributed by atoms with E-state index in [1.54, 1.807) is 22.6 Å². The minimum atomic E-state index is -4.68. The maximum Gasteiger partial charge on any atom is 0.417 e. The predicted molar refractivity (Wildman–Crippen MR) is 60.2 cm³/mol. The second kappa shape index (κ2) is 4.91. The van der Waals surface area contributed by atoms with Crippen molar-refractivity contribution >= 4 is 28.6 Å². The summed E-state index contributed by atoms with van der Waals surface area (Å²) in [6.07, 6.45) is -4.68. The fourth-order valence-electron chi connectivity index (χ4n) is 1.17. The first kappa shape index (κ1) is 13.8. The van der Waals surface area contributed by atoms with Crippen LogP contribution in [0.2, 0.25) is 0 Å². The number of carbonyl (C=O) groups excluding carboxylic acids is 1. The van der Waals surface area contributed by atoms with E-state index in [1.165, 1.54) is 6.07 Å². The number of hydrogen-bond acceptors (Lipinski definition) is 3. The molecule has 0 aliphatic heterocycles. The number of ether oxygens (including phenoxy) is 1. The van der Waals surface area contributed by atoms with E-state index in [9.17, 15) is 18.0 Å². The molecule has 7 heteroatoms. The molecular formula is C10H5F3INO2. The lowest BCUT2D eigenvalue weighted by Gasteiger charge is -2.11. The maximum atomic E-state index is 12.6. The third-order valence-corrected chi connectivity index (χ3v) is 2.83. The zero-order chi connectivity index (χ0) is 13.2. The first-order valence-corrected chi connectivity index (χ1v) is 5.28. The fourth-order valence-corrected chi connectivity index (χ4v) is 1.85. The van der Waals surface area contributed by atoms with Crippen molar-refractivity contribution in [2.75, 3.05) is 7.11 Å². The molecule has 0 aliphatic carbocycles. The topological polar surface area (TPSA) is 50.1 Å². The normalized spacial score (nSPS) is 10.8. The highest BCUT2D eigenvalue weighted by atomic mass is 127. The van der Waals surface area contributed by atoms with Gasteiger partial charge in [0, 0.05) is 3.57 Å². The van der Waals surface area contributed by atoms with E-state index in [0.29, 0.717) is 6.07 Å². The van der Waals surface area contributed by atoms with Crippen molar-refractivity contribution in [2.24, 2.45) is 0 Å². The zero-order valence-corrected chi connectivity index (χ0v) is 10.6. The van der Waals surface area contributed by atoms with E-state index in [1.807, 2.05) is 0 Å². The van der Waals surface area contributed by atoms with Gasteiger partial charge in [-0.05, 0) is 34.7 Å². The van der Waals surface area contributed by atoms with Crippen LogP contribution < -0.4 is 0 Å². The molecule has 0 aromatic heterocycles. The Morgan fingerprint density at radius 3 is 2.47 bits per heavy atom. The number of halogens is 4. The molecular weight excluding hydrogens is 350 g/mol. The van der Waals surface area contributed by atoms with Crippen LogP contribution in [0.3, 0.4) is 0 Å². The van der Waals surface area contributed by atoms with Crippen LogP contribution in [-0.2, 0) is 10.9 Å². The van der Waals surface area contributed by atoms with E-state index in [4.69, 9.17) is 5.26 Å². The first-order valence-electron chi connectivity index (χ1n) is 4.20. The molecule has 0 bridgehead atoms. The van der Waals surface area contributed by atoms with Crippen molar-refractivity contribution in [1.29, 1.82) is 5.26 Å². The van der Waals surface area contributed by atoms with Crippen LogP contribution in [0.15, 0.2) is 12.1 Å². The summed E-state index contributed by atoms with van der Waals surface area (Å²) in [4.78, 5) is 11.2. The van der Waals surface area contributed by atoms with Gasteiger partial charge < -0.3 is 4.74 Å². The van der Waals surface area contributed by atoms with Crippen molar-refractivity contribution in [3.8, 4) is 6.07 Å². The van der Waals surface area contributed by atoms with E-state index in [-0.39, 0.29) is 9.13 Å². The zero-order valence-electron chi connectivity index (χ0n) is 8.43. The lowest BCUT2D eigenvalue weighted by atomic mass is 10.0. The van der Waals surface area contributed by atoms with Crippen molar-refractivity contribution in [3.05, 3.63) is 32.4 Å². The third-order valence-electron chi connectivity index (χ3n) is 1.94. The van der Waals surface area contributed by atoms with Crippen molar-refractivity contribution in [2.45, 2.75) is 6.18 Å². The molecule has 1 aromatic rings. The summed E-state index contributed by atoms with van der Waals surface area (Å²) in [6, 6.07) is 3.09. The lowest BCUT2D eigenvalue weighted by molar-refractivity contribution is -0.137. The quantitative estimate of drug-likeness (QED) is 0.575. The largest absolute Gasteiger partial charge is 0.465 e. The van der Waals surface area contributed by atoms with Crippen LogP contribution in [0, 0.1) is 14.9 Å². The van der Waals surface area contributed by atoms with Gasteiger partial charge in [0.15, 0.2) is 0 Å². The molecule has 90 valence electrons. The van der Waals surface area contributed by atoms with E-state index >= 15 is 0 Å². The molecule has 0 N–H and O–H groups in total. The van der Waals surface area contributed by atoms with Crippen LogP contribution in [0.4, 0.5) is 13.2 Å². The molecule has 1 rings (SSSR count). The highest BCUT2D eigenvalue weighted by Gasteiger charge is 2.35. The second-order valence-electron chi connectivity index (χ2n) is 2.98. The Labute approximate surface area is 108 Å². The van der Waals surface area contributed by atoms with Gasteiger partial charge >= 0.3 is 12.1 Å². The molecule has 0 unspecified atom stereocenters. The number of hydrogen-bond donors (Lipinski definition) is 0. The first-order chi connectivity index (χ1) is 7.81. The smallest absolute Gasteiger partial charge is 0.417 e. The monoisotopic (exact) mass is 355 g/mol. The van der Waals surface area contributed by atoms with Crippen LogP contribution in [0.1, 0.15) is 21.5 Å². The summed E-state index contributed by atoms with van der Waals surface area (Å²) >= 11 is 1.67. The number of nitrogens with zero attached hydrogens (tertiary/aromatic N) is 1. The van der Waals surface area contributed by atoms with Crippen molar-refractivity contribution < 1.29 is 22.7 Å². The summed E-state index contributed by atoms with van der Waals surface area (Å²) in [5.74, 6) is -0.871. The van der Waals surface area contributed by atoms with Crippen LogP contribution in [-0.4, -0.2) is 13.1 Å². The van der Waals surface area contributed by atoms with Gasteiger partial charge in [0.05, 0.1) is 29.9 Å². The van der Waals surface area contributed by atoms with Crippen LogP contribution in [0.25, 0.3) is 0 Å². The Kier molecular flexibility index (Phi) is 3.98. The van der Waals surface area contributed by atoms with Gasteiger partial charge in [0.2, 0.25) is 0 Å². The fraction of sp³-hybridized carbons (Fsp3) is 0.200. The number of nitriles is 1. The van der Waals surface area contributed by atoms with Gasteiger partial charge in [-0.3, -0.25) is 0 Å². The molecule has 3 nitrogen and oxygen atoms in total. The van der Waals surface area contributed by atoms with Crippen molar-refractivity contribution in [1.82, 2.24) is 0 Å². The highest BCUT2D eigenvalue weighted by molar-refractivity contribution is 14.1. The number of rotatable bonds is 1. The summed E-state index contributed by atoms with van der Waals surface area (Å²) in [5, 5.41) is 8.62. The van der Waals surface area contributed by atoms with Gasteiger partial charge in [0.25, 0.3) is 0 Å². The molecule has 0 heterocycles. The average molecular weight is 355 g/mol. The molecule has 0 aliphatic rings. The lowest BCUT2D eigenvalue weighted by Crippen LogP contribution is -2.12. The number of methoxy groups -OCH3 is 1. The Bertz CT molecular complexity index is 505. The van der Waals surface area contributed by atoms with Gasteiger partial charge in [-0.1, -0.05) is 0 Å². The SMILES string of the molecule is COC(=O)c1cc(C(F)(F)F)c(C#N)cc1I. The molecule has 0 saturated heterocycles. The molecule has 0 fully saturated rings. The number of carbonyl (C=O) groups is 1. The molecule has 1 aromatic carbocycles. The Balaban J connectivity index is 3.50. The summed E-state index contributed by atoms with van der Waals surface area (Å²) in [7, 11) is 1.07. The van der Waals surface area contributed by atoms with Gasteiger partial charge in [0.1, 0.15) is 0 Å². The Morgan fingerprint density at radius 1 is 1.47 bits per heavy atom. The molecule has 0 amide bonds. The van der Waals surface area contributed by atoms with Crippen molar-refractivity contribution in [3.63, 3.8) is 0 Å². The van der Waals surface area contributed by atoms with E-state index < -0.39 is 23.3 Å². The molecule has 0 radical (unpaired) electrons. The summed E-state index contributed by atoms with van der Waals surface area (Å²) in [5.41, 5.74) is -1.87. The van der Waals surface area contributed by atoms with Gasteiger partial charge in [-0.25, -0.2) is 4.79 Å². The molecule has 17 heavy (non-hydrogen) atoms. The van der Waals surface area contributed by atoms with Crippen LogP contribution in [0.5, 0.6) is 0 Å². The molecule has 0 atom stereocenters. The maximum absolute atomic E-state index is 12.6. The Morgan fingerprint density at radius 2 is 2.06 bits per heavy atom. The van der Waals surface area contributed by atoms with Crippen LogP contribution >= 0.6 is 22.6 Å². The molecule has 0 saturated carbocycles. The minimum Gasteiger partial charge on any atom is -0.465 e.